The number of likely N-dealkylation sites (tertiary alicyclic amines) is 1. The third-order valence-electron chi connectivity index (χ3n) is 4.96. The zero-order valence-electron chi connectivity index (χ0n) is 15.4. The van der Waals surface area contributed by atoms with E-state index >= 15 is 0 Å². The van der Waals surface area contributed by atoms with Crippen LogP contribution in [-0.2, 0) is 9.59 Å². The summed E-state index contributed by atoms with van der Waals surface area (Å²) in [6.45, 7) is 8.88. The van der Waals surface area contributed by atoms with E-state index in [1.807, 2.05) is 29.2 Å². The number of hydrogen-bond donors (Lipinski definition) is 0. The summed E-state index contributed by atoms with van der Waals surface area (Å²) >= 11 is 0. The van der Waals surface area contributed by atoms with E-state index in [2.05, 4.69) is 20.8 Å². The smallest absolute Gasteiger partial charge is 0.242 e. The van der Waals surface area contributed by atoms with Crippen LogP contribution in [0.1, 0.15) is 64.9 Å². The SMILES string of the molecule is CCC1CCCCN1C(=O)CN(C(C)=O)c1ccc(C(C)C)cc1. The Morgan fingerprint density at radius 3 is 2.42 bits per heavy atom. The van der Waals surface area contributed by atoms with Gasteiger partial charge in [-0.25, -0.2) is 0 Å². The lowest BCUT2D eigenvalue weighted by Crippen LogP contribution is -2.48. The number of piperidine rings is 1. The fraction of sp³-hybridized carbons (Fsp3) is 0.600. The maximum Gasteiger partial charge on any atom is 0.242 e. The molecule has 1 aromatic carbocycles. The van der Waals surface area contributed by atoms with E-state index in [4.69, 9.17) is 0 Å². The zero-order valence-corrected chi connectivity index (χ0v) is 15.4. The molecule has 0 aliphatic carbocycles. The average Bonchev–Trinajstić information content (AvgIpc) is 2.59. The van der Waals surface area contributed by atoms with E-state index in [0.29, 0.717) is 12.0 Å². The average molecular weight is 330 g/mol. The third-order valence-corrected chi connectivity index (χ3v) is 4.96. The first-order valence-electron chi connectivity index (χ1n) is 9.11. The molecule has 0 radical (unpaired) electrons. The zero-order chi connectivity index (χ0) is 17.7. The van der Waals surface area contributed by atoms with Crippen molar-refractivity contribution in [2.45, 2.75) is 65.3 Å². The van der Waals surface area contributed by atoms with Crippen LogP contribution in [0.15, 0.2) is 24.3 Å². The van der Waals surface area contributed by atoms with Gasteiger partial charge in [-0.3, -0.25) is 9.59 Å². The molecule has 1 aromatic rings. The van der Waals surface area contributed by atoms with Crippen LogP contribution in [0.3, 0.4) is 0 Å². The van der Waals surface area contributed by atoms with Gasteiger partial charge >= 0.3 is 0 Å². The van der Waals surface area contributed by atoms with Gasteiger partial charge in [-0.05, 0) is 49.3 Å². The van der Waals surface area contributed by atoms with E-state index in [-0.39, 0.29) is 18.4 Å². The molecule has 0 N–H and O–H groups in total. The van der Waals surface area contributed by atoms with Crippen molar-refractivity contribution in [2.75, 3.05) is 18.0 Å². The Labute approximate surface area is 145 Å². The fourth-order valence-electron chi connectivity index (χ4n) is 3.40. The molecular weight excluding hydrogens is 300 g/mol. The van der Waals surface area contributed by atoms with Crippen molar-refractivity contribution in [3.05, 3.63) is 29.8 Å². The molecule has 0 saturated carbocycles. The summed E-state index contributed by atoms with van der Waals surface area (Å²) in [6, 6.07) is 8.28. The molecule has 1 heterocycles. The Balaban J connectivity index is 2.13. The van der Waals surface area contributed by atoms with Crippen LogP contribution >= 0.6 is 0 Å². The van der Waals surface area contributed by atoms with Crippen LogP contribution in [0, 0.1) is 0 Å². The van der Waals surface area contributed by atoms with E-state index in [0.717, 1.165) is 31.5 Å². The van der Waals surface area contributed by atoms with Crippen LogP contribution in [0.25, 0.3) is 0 Å². The molecule has 1 saturated heterocycles. The van der Waals surface area contributed by atoms with Crippen LogP contribution in [0.2, 0.25) is 0 Å². The lowest BCUT2D eigenvalue weighted by Gasteiger charge is -2.36. The largest absolute Gasteiger partial charge is 0.338 e. The van der Waals surface area contributed by atoms with E-state index < -0.39 is 0 Å². The number of carbonyl (C=O) groups excluding carboxylic acids is 2. The van der Waals surface area contributed by atoms with Crippen molar-refractivity contribution in [3.63, 3.8) is 0 Å². The Morgan fingerprint density at radius 1 is 1.21 bits per heavy atom. The van der Waals surface area contributed by atoms with Gasteiger partial charge in [0.25, 0.3) is 0 Å². The van der Waals surface area contributed by atoms with E-state index in [9.17, 15) is 9.59 Å². The minimum absolute atomic E-state index is 0.0599. The first-order chi connectivity index (χ1) is 11.4. The van der Waals surface area contributed by atoms with Crippen molar-refractivity contribution < 1.29 is 9.59 Å². The number of benzene rings is 1. The van der Waals surface area contributed by atoms with Crippen molar-refractivity contribution in [1.29, 1.82) is 0 Å². The Hall–Kier alpha value is -1.84. The summed E-state index contributed by atoms with van der Waals surface area (Å²) in [5.41, 5.74) is 2.03. The van der Waals surface area contributed by atoms with Crippen molar-refractivity contribution in [2.24, 2.45) is 0 Å². The highest BCUT2D eigenvalue weighted by Crippen LogP contribution is 2.23. The summed E-state index contributed by atoms with van der Waals surface area (Å²) in [5.74, 6) is 0.417. The quantitative estimate of drug-likeness (QED) is 0.820. The van der Waals surface area contributed by atoms with Crippen molar-refractivity contribution in [3.8, 4) is 0 Å². The second-order valence-corrected chi connectivity index (χ2v) is 7.00. The van der Waals surface area contributed by atoms with Gasteiger partial charge in [0.1, 0.15) is 6.54 Å². The Morgan fingerprint density at radius 2 is 1.88 bits per heavy atom. The summed E-state index contributed by atoms with van der Waals surface area (Å²) in [4.78, 5) is 28.4. The number of amides is 2. The lowest BCUT2D eigenvalue weighted by molar-refractivity contribution is -0.134. The molecule has 1 unspecified atom stereocenters. The monoisotopic (exact) mass is 330 g/mol. The molecule has 4 nitrogen and oxygen atoms in total. The van der Waals surface area contributed by atoms with Gasteiger partial charge in [-0.2, -0.15) is 0 Å². The lowest BCUT2D eigenvalue weighted by atomic mass is 10.00. The number of anilines is 1. The number of hydrogen-bond acceptors (Lipinski definition) is 2. The highest BCUT2D eigenvalue weighted by atomic mass is 16.2. The maximum atomic E-state index is 12.8. The van der Waals surface area contributed by atoms with Gasteiger partial charge in [0.05, 0.1) is 0 Å². The molecular formula is C20H30N2O2. The third kappa shape index (κ3) is 4.37. The predicted molar refractivity (Wildman–Crippen MR) is 98.2 cm³/mol. The Bertz CT molecular complexity index is 566. The van der Waals surface area contributed by atoms with Crippen LogP contribution in [-0.4, -0.2) is 35.8 Å². The molecule has 132 valence electrons. The van der Waals surface area contributed by atoms with Crippen molar-refractivity contribution in [1.82, 2.24) is 4.90 Å². The van der Waals surface area contributed by atoms with Gasteiger partial charge in [0.15, 0.2) is 0 Å². The normalized spacial score (nSPS) is 17.9. The first-order valence-corrected chi connectivity index (χ1v) is 9.11. The van der Waals surface area contributed by atoms with Crippen molar-refractivity contribution >= 4 is 17.5 Å². The van der Waals surface area contributed by atoms with Gasteiger partial charge in [-0.1, -0.05) is 32.9 Å². The molecule has 1 fully saturated rings. The molecule has 0 spiro atoms. The fourth-order valence-corrected chi connectivity index (χ4v) is 3.40. The molecule has 2 amide bonds. The highest BCUT2D eigenvalue weighted by molar-refractivity contribution is 5.97. The molecule has 1 atom stereocenters. The minimum atomic E-state index is -0.0919. The van der Waals surface area contributed by atoms with Gasteiger partial charge in [0.2, 0.25) is 11.8 Å². The molecule has 1 aliphatic heterocycles. The molecule has 0 bridgehead atoms. The van der Waals surface area contributed by atoms with Gasteiger partial charge < -0.3 is 9.80 Å². The predicted octanol–water partition coefficient (Wildman–Crippen LogP) is 3.95. The summed E-state index contributed by atoms with van der Waals surface area (Å²) in [7, 11) is 0. The van der Waals surface area contributed by atoms with E-state index in [1.54, 1.807) is 4.90 Å². The van der Waals surface area contributed by atoms with Crippen LogP contribution in [0.5, 0.6) is 0 Å². The van der Waals surface area contributed by atoms with Gasteiger partial charge in [0, 0.05) is 25.2 Å². The summed E-state index contributed by atoms with van der Waals surface area (Å²) in [5, 5.41) is 0. The first kappa shape index (κ1) is 18.5. The van der Waals surface area contributed by atoms with E-state index in [1.165, 1.54) is 18.9 Å². The molecule has 2 rings (SSSR count). The number of rotatable bonds is 5. The standard InChI is InChI=1S/C20H30N2O2/c1-5-18-8-6-7-13-21(18)20(24)14-22(16(4)23)19-11-9-17(10-12-19)15(2)3/h9-12,15,18H,5-8,13-14H2,1-4H3. The Kier molecular flexibility index (Phi) is 6.41. The topological polar surface area (TPSA) is 40.6 Å². The van der Waals surface area contributed by atoms with Gasteiger partial charge in [-0.15, -0.1) is 0 Å². The second-order valence-electron chi connectivity index (χ2n) is 7.00. The van der Waals surface area contributed by atoms with Crippen LogP contribution in [0.4, 0.5) is 5.69 Å². The highest BCUT2D eigenvalue weighted by Gasteiger charge is 2.27. The minimum Gasteiger partial charge on any atom is -0.338 e. The number of carbonyl (C=O) groups is 2. The summed E-state index contributed by atoms with van der Waals surface area (Å²) < 4.78 is 0. The second kappa shape index (κ2) is 8.32. The van der Waals surface area contributed by atoms with Crippen LogP contribution < -0.4 is 4.90 Å². The molecule has 24 heavy (non-hydrogen) atoms. The maximum absolute atomic E-state index is 12.8. The molecule has 1 aliphatic rings. The molecule has 0 aromatic heterocycles. The molecule has 4 heteroatoms. The number of nitrogens with zero attached hydrogens (tertiary/aromatic N) is 2. The summed E-state index contributed by atoms with van der Waals surface area (Å²) in [6.07, 6.45) is 4.31.